The summed E-state index contributed by atoms with van der Waals surface area (Å²) in [5.41, 5.74) is 2.63. The first-order valence-electron chi connectivity index (χ1n) is 9.94. The zero-order valence-electron chi connectivity index (χ0n) is 16.6. The molecule has 1 heterocycles. The van der Waals surface area contributed by atoms with Crippen molar-refractivity contribution in [3.05, 3.63) is 99.5 Å². The third-order valence-electron chi connectivity index (χ3n) is 5.09. The number of para-hydroxylation sites is 2. The van der Waals surface area contributed by atoms with Gasteiger partial charge in [0, 0.05) is 23.6 Å². The van der Waals surface area contributed by atoms with Gasteiger partial charge in [-0.05, 0) is 42.8 Å². The number of fused-ring (bicyclic) bond motifs is 1. The van der Waals surface area contributed by atoms with E-state index >= 15 is 0 Å². The fraction of sp³-hybridized carbons (Fsp3) is 0.167. The molecule has 158 valence electrons. The summed E-state index contributed by atoms with van der Waals surface area (Å²) in [5, 5.41) is 3.69. The maximum absolute atomic E-state index is 14.4. The van der Waals surface area contributed by atoms with E-state index in [1.807, 2.05) is 28.8 Å². The Labute approximate surface area is 189 Å². The number of carbonyl (C=O) groups excluding carboxylic acids is 1. The summed E-state index contributed by atoms with van der Waals surface area (Å²) < 4.78 is 16.4. The second-order valence-electron chi connectivity index (χ2n) is 7.14. The topological polar surface area (TPSA) is 46.9 Å². The molecule has 0 unspecified atom stereocenters. The molecule has 4 rings (SSSR count). The molecular weight excluding hydrogens is 436 g/mol. The van der Waals surface area contributed by atoms with Crippen LogP contribution in [-0.2, 0) is 13.0 Å². The number of aryl methyl sites for hydroxylation is 1. The van der Waals surface area contributed by atoms with Crippen molar-refractivity contribution < 1.29 is 9.18 Å². The standard InChI is InChI=1S/C24H20Cl2FN3O/c25-18-8-2-1-7-16(18)24(31)28-14-6-13-23-29-21-11-3-4-12-22(21)30(23)15-17-19(26)9-5-10-20(17)27/h1-5,7-12H,6,13-15H2,(H,28,31). The Morgan fingerprint density at radius 2 is 1.71 bits per heavy atom. The summed E-state index contributed by atoms with van der Waals surface area (Å²) in [4.78, 5) is 17.0. The SMILES string of the molecule is O=C(NCCCc1nc2ccccc2n1Cc1c(F)cccc1Cl)c1ccccc1Cl. The van der Waals surface area contributed by atoms with Crippen LogP contribution in [-0.4, -0.2) is 22.0 Å². The number of rotatable bonds is 7. The molecule has 0 saturated carbocycles. The van der Waals surface area contributed by atoms with E-state index in [1.165, 1.54) is 6.07 Å². The summed E-state index contributed by atoms with van der Waals surface area (Å²) in [7, 11) is 0. The summed E-state index contributed by atoms with van der Waals surface area (Å²) in [6, 6.07) is 19.4. The van der Waals surface area contributed by atoms with E-state index in [0.29, 0.717) is 40.6 Å². The Balaban J connectivity index is 1.49. The summed E-state index contributed by atoms with van der Waals surface area (Å²) in [5.74, 6) is 0.257. The van der Waals surface area contributed by atoms with Crippen LogP contribution in [0.5, 0.6) is 0 Å². The molecule has 7 heteroatoms. The number of nitrogens with one attached hydrogen (secondary N) is 1. The van der Waals surface area contributed by atoms with E-state index in [4.69, 9.17) is 28.2 Å². The van der Waals surface area contributed by atoms with Crippen LogP contribution in [0.3, 0.4) is 0 Å². The predicted octanol–water partition coefficient (Wildman–Crippen LogP) is 5.89. The molecule has 0 bridgehead atoms. The van der Waals surface area contributed by atoms with Gasteiger partial charge >= 0.3 is 0 Å². The number of carbonyl (C=O) groups is 1. The van der Waals surface area contributed by atoms with Gasteiger partial charge in [-0.15, -0.1) is 0 Å². The number of imidazole rings is 1. The Hall–Kier alpha value is -2.89. The fourth-order valence-electron chi connectivity index (χ4n) is 3.52. The molecule has 1 amide bonds. The molecule has 1 aromatic heterocycles. The molecule has 0 spiro atoms. The number of benzene rings is 3. The molecule has 0 radical (unpaired) electrons. The van der Waals surface area contributed by atoms with E-state index in [0.717, 1.165) is 16.9 Å². The smallest absolute Gasteiger partial charge is 0.252 e. The van der Waals surface area contributed by atoms with Crippen LogP contribution < -0.4 is 5.32 Å². The number of hydrogen-bond acceptors (Lipinski definition) is 2. The molecule has 0 aliphatic heterocycles. The first-order valence-corrected chi connectivity index (χ1v) is 10.7. The zero-order chi connectivity index (χ0) is 21.8. The van der Waals surface area contributed by atoms with Crippen LogP contribution in [0.15, 0.2) is 66.7 Å². The summed E-state index contributed by atoms with van der Waals surface area (Å²) in [6.45, 7) is 0.751. The minimum Gasteiger partial charge on any atom is -0.352 e. The van der Waals surface area contributed by atoms with Crippen molar-refractivity contribution >= 4 is 40.1 Å². The maximum Gasteiger partial charge on any atom is 0.252 e. The molecule has 31 heavy (non-hydrogen) atoms. The van der Waals surface area contributed by atoms with Crippen LogP contribution in [0.4, 0.5) is 4.39 Å². The first kappa shape index (κ1) is 21.3. The maximum atomic E-state index is 14.4. The second kappa shape index (κ2) is 9.50. The van der Waals surface area contributed by atoms with Crippen LogP contribution in [0.1, 0.15) is 28.2 Å². The summed E-state index contributed by atoms with van der Waals surface area (Å²) >= 11 is 12.3. The van der Waals surface area contributed by atoms with Crippen molar-refractivity contribution in [2.45, 2.75) is 19.4 Å². The Morgan fingerprint density at radius 3 is 2.52 bits per heavy atom. The predicted molar refractivity (Wildman–Crippen MR) is 122 cm³/mol. The molecule has 1 N–H and O–H groups in total. The van der Waals surface area contributed by atoms with Gasteiger partial charge in [0.15, 0.2) is 0 Å². The largest absolute Gasteiger partial charge is 0.352 e. The number of nitrogens with zero attached hydrogens (tertiary/aromatic N) is 2. The Kier molecular flexibility index (Phi) is 6.54. The van der Waals surface area contributed by atoms with Crippen LogP contribution in [0.2, 0.25) is 10.0 Å². The molecule has 0 fully saturated rings. The van der Waals surface area contributed by atoms with Gasteiger partial charge in [-0.25, -0.2) is 9.37 Å². The van der Waals surface area contributed by atoms with E-state index in [-0.39, 0.29) is 18.3 Å². The molecular formula is C24H20Cl2FN3O. The molecule has 4 aromatic rings. The third-order valence-corrected chi connectivity index (χ3v) is 5.78. The lowest BCUT2D eigenvalue weighted by Gasteiger charge is -2.12. The highest BCUT2D eigenvalue weighted by Gasteiger charge is 2.15. The van der Waals surface area contributed by atoms with Gasteiger partial charge in [-0.3, -0.25) is 4.79 Å². The Morgan fingerprint density at radius 1 is 0.968 bits per heavy atom. The van der Waals surface area contributed by atoms with Gasteiger partial charge < -0.3 is 9.88 Å². The van der Waals surface area contributed by atoms with Crippen LogP contribution in [0.25, 0.3) is 11.0 Å². The molecule has 3 aromatic carbocycles. The number of aromatic nitrogens is 2. The van der Waals surface area contributed by atoms with Crippen LogP contribution >= 0.6 is 23.2 Å². The highest BCUT2D eigenvalue weighted by Crippen LogP contribution is 2.24. The van der Waals surface area contributed by atoms with E-state index in [9.17, 15) is 9.18 Å². The third kappa shape index (κ3) is 4.73. The lowest BCUT2D eigenvalue weighted by atomic mass is 10.2. The fourth-order valence-corrected chi connectivity index (χ4v) is 3.97. The molecule has 0 aliphatic rings. The first-order chi connectivity index (χ1) is 15.0. The van der Waals surface area contributed by atoms with Crippen molar-refractivity contribution in [2.75, 3.05) is 6.54 Å². The van der Waals surface area contributed by atoms with Crippen molar-refractivity contribution in [1.29, 1.82) is 0 Å². The number of amides is 1. The monoisotopic (exact) mass is 455 g/mol. The molecule has 0 atom stereocenters. The van der Waals surface area contributed by atoms with Crippen molar-refractivity contribution in [3.63, 3.8) is 0 Å². The lowest BCUT2D eigenvalue weighted by molar-refractivity contribution is 0.0953. The van der Waals surface area contributed by atoms with Crippen molar-refractivity contribution in [1.82, 2.24) is 14.9 Å². The normalized spacial score (nSPS) is 11.1. The molecule has 4 nitrogen and oxygen atoms in total. The highest BCUT2D eigenvalue weighted by atomic mass is 35.5. The zero-order valence-corrected chi connectivity index (χ0v) is 18.1. The van der Waals surface area contributed by atoms with E-state index < -0.39 is 0 Å². The van der Waals surface area contributed by atoms with Crippen molar-refractivity contribution in [2.24, 2.45) is 0 Å². The quantitative estimate of drug-likeness (QED) is 0.353. The minimum absolute atomic E-state index is 0.211. The minimum atomic E-state index is -0.344. The van der Waals surface area contributed by atoms with Gasteiger partial charge in [-0.1, -0.05) is 53.5 Å². The van der Waals surface area contributed by atoms with Gasteiger partial charge in [0.25, 0.3) is 5.91 Å². The van der Waals surface area contributed by atoms with Crippen molar-refractivity contribution in [3.8, 4) is 0 Å². The average Bonchev–Trinajstić information content (AvgIpc) is 3.11. The number of halogens is 3. The van der Waals surface area contributed by atoms with Gasteiger partial charge in [0.1, 0.15) is 11.6 Å². The van der Waals surface area contributed by atoms with Gasteiger partial charge in [0.05, 0.1) is 28.2 Å². The molecule has 0 aliphatic carbocycles. The average molecular weight is 456 g/mol. The van der Waals surface area contributed by atoms with Gasteiger partial charge in [-0.2, -0.15) is 0 Å². The molecule has 0 saturated heterocycles. The van der Waals surface area contributed by atoms with Gasteiger partial charge in [0.2, 0.25) is 0 Å². The lowest BCUT2D eigenvalue weighted by Crippen LogP contribution is -2.25. The number of hydrogen-bond donors (Lipinski definition) is 1. The van der Waals surface area contributed by atoms with E-state index in [2.05, 4.69) is 5.32 Å². The second-order valence-corrected chi connectivity index (χ2v) is 7.96. The van der Waals surface area contributed by atoms with Crippen LogP contribution in [0, 0.1) is 5.82 Å². The van der Waals surface area contributed by atoms with E-state index in [1.54, 1.807) is 36.4 Å². The highest BCUT2D eigenvalue weighted by molar-refractivity contribution is 6.33. The summed E-state index contributed by atoms with van der Waals surface area (Å²) in [6.07, 6.45) is 1.29. The Bertz CT molecular complexity index is 1220.